The molecular weight excluding hydrogens is 336 g/mol. The second-order valence-electron chi connectivity index (χ2n) is 7.00. The summed E-state index contributed by atoms with van der Waals surface area (Å²) in [5, 5.41) is 17.5. The zero-order valence-electron chi connectivity index (χ0n) is 15.7. The van der Waals surface area contributed by atoms with Gasteiger partial charge < -0.3 is 15.4 Å². The first-order valence-corrected chi connectivity index (χ1v) is 9.24. The fourth-order valence-electron chi connectivity index (χ4n) is 3.10. The highest BCUT2D eigenvalue weighted by Crippen LogP contribution is 2.32. The first kappa shape index (κ1) is 19.9. The summed E-state index contributed by atoms with van der Waals surface area (Å²) >= 11 is 0. The third kappa shape index (κ3) is 5.57. The van der Waals surface area contributed by atoms with E-state index < -0.39 is 4.92 Å². The van der Waals surface area contributed by atoms with E-state index in [4.69, 9.17) is 4.74 Å². The van der Waals surface area contributed by atoms with Crippen LogP contribution in [0.3, 0.4) is 0 Å². The molecule has 1 aliphatic carbocycles. The van der Waals surface area contributed by atoms with E-state index in [0.717, 1.165) is 32.1 Å². The van der Waals surface area contributed by atoms with Crippen molar-refractivity contribution < 1.29 is 14.5 Å². The van der Waals surface area contributed by atoms with E-state index in [1.165, 1.54) is 6.20 Å². The number of pyridine rings is 1. The van der Waals surface area contributed by atoms with Crippen molar-refractivity contribution in [2.24, 2.45) is 5.92 Å². The number of carbonyl (C=O) groups is 1. The predicted octanol–water partition coefficient (Wildman–Crippen LogP) is 3.27. The fraction of sp³-hybridized carbons (Fsp3) is 0.667. The van der Waals surface area contributed by atoms with Crippen molar-refractivity contribution >= 4 is 17.3 Å². The van der Waals surface area contributed by atoms with Gasteiger partial charge in [0.1, 0.15) is 11.9 Å². The number of carbonyl (C=O) groups excluding carboxylic acids is 1. The van der Waals surface area contributed by atoms with Gasteiger partial charge in [-0.3, -0.25) is 14.9 Å². The van der Waals surface area contributed by atoms with Crippen molar-refractivity contribution in [1.82, 2.24) is 10.3 Å². The van der Waals surface area contributed by atoms with Gasteiger partial charge in [0.05, 0.1) is 11.5 Å². The molecule has 26 heavy (non-hydrogen) atoms. The minimum atomic E-state index is -0.444. The number of ether oxygens (including phenoxy) is 1. The van der Waals surface area contributed by atoms with Gasteiger partial charge in [-0.25, -0.2) is 4.98 Å². The van der Waals surface area contributed by atoms with Crippen LogP contribution in [0.15, 0.2) is 12.3 Å². The van der Waals surface area contributed by atoms with Crippen LogP contribution in [-0.2, 0) is 4.79 Å². The predicted molar refractivity (Wildman–Crippen MR) is 99.3 cm³/mol. The van der Waals surface area contributed by atoms with E-state index in [9.17, 15) is 14.9 Å². The molecule has 0 aliphatic heterocycles. The maximum Gasteiger partial charge on any atom is 0.310 e. The Labute approximate surface area is 153 Å². The van der Waals surface area contributed by atoms with Crippen molar-refractivity contribution in [3.05, 3.63) is 22.4 Å². The summed E-state index contributed by atoms with van der Waals surface area (Å²) in [5.41, 5.74) is 0.361. The highest BCUT2D eigenvalue weighted by Gasteiger charge is 2.28. The summed E-state index contributed by atoms with van der Waals surface area (Å²) in [6, 6.07) is 1.82. The third-order valence-electron chi connectivity index (χ3n) is 4.40. The molecule has 0 bridgehead atoms. The van der Waals surface area contributed by atoms with Crippen molar-refractivity contribution in [3.8, 4) is 5.88 Å². The fourth-order valence-corrected chi connectivity index (χ4v) is 3.10. The molecule has 1 amide bonds. The van der Waals surface area contributed by atoms with E-state index in [2.05, 4.69) is 15.6 Å². The highest BCUT2D eigenvalue weighted by atomic mass is 16.6. The maximum absolute atomic E-state index is 12.1. The Morgan fingerprint density at radius 3 is 2.65 bits per heavy atom. The van der Waals surface area contributed by atoms with Crippen LogP contribution >= 0.6 is 0 Å². The van der Waals surface area contributed by atoms with Gasteiger partial charge in [-0.2, -0.15) is 0 Å². The van der Waals surface area contributed by atoms with Gasteiger partial charge in [-0.15, -0.1) is 0 Å². The number of anilines is 1. The average Bonchev–Trinajstić information content (AvgIpc) is 2.60. The van der Waals surface area contributed by atoms with Crippen LogP contribution in [-0.4, -0.2) is 34.5 Å². The molecule has 8 nitrogen and oxygen atoms in total. The maximum atomic E-state index is 12.1. The number of amides is 1. The number of nitrogens with zero attached hydrogens (tertiary/aromatic N) is 2. The molecule has 1 aromatic rings. The Morgan fingerprint density at radius 1 is 1.38 bits per heavy atom. The molecule has 0 atom stereocenters. The molecule has 144 valence electrons. The van der Waals surface area contributed by atoms with Gasteiger partial charge in [0, 0.05) is 24.1 Å². The van der Waals surface area contributed by atoms with E-state index in [1.807, 2.05) is 20.8 Å². The Morgan fingerprint density at radius 2 is 2.08 bits per heavy atom. The largest absolute Gasteiger partial charge is 0.478 e. The van der Waals surface area contributed by atoms with Crippen LogP contribution in [0.5, 0.6) is 5.88 Å². The highest BCUT2D eigenvalue weighted by molar-refractivity contribution is 5.79. The van der Waals surface area contributed by atoms with E-state index in [0.29, 0.717) is 18.2 Å². The molecule has 2 rings (SSSR count). The topological polar surface area (TPSA) is 106 Å². The van der Waals surface area contributed by atoms with Gasteiger partial charge in [0.2, 0.25) is 11.8 Å². The van der Waals surface area contributed by atoms with Crippen molar-refractivity contribution in [2.75, 3.05) is 11.9 Å². The van der Waals surface area contributed by atoms with Crippen LogP contribution in [0.25, 0.3) is 0 Å². The first-order valence-electron chi connectivity index (χ1n) is 9.24. The molecule has 0 saturated heterocycles. The Balaban J connectivity index is 1.99. The smallest absolute Gasteiger partial charge is 0.310 e. The zero-order valence-corrected chi connectivity index (χ0v) is 15.7. The third-order valence-corrected chi connectivity index (χ3v) is 4.40. The molecule has 8 heteroatoms. The molecule has 0 aromatic carbocycles. The standard InChI is InChI=1S/C18H28N4O4/c1-4-9-26-17-10-15(16(11-19-17)22(24)25)21-14-7-5-13(6-8-14)18(23)20-12(2)3/h10-14H,4-9H2,1-3H3,(H,19,21)(H,20,23)/t13-,14+. The van der Waals surface area contributed by atoms with Gasteiger partial charge in [-0.1, -0.05) is 6.92 Å². The molecule has 1 aromatic heterocycles. The normalized spacial score (nSPS) is 19.8. The SMILES string of the molecule is CCCOc1cc(N[C@H]2CC[C@@H](C(=O)NC(C)C)CC2)c([N+](=O)[O-])cn1. The number of nitro groups is 1. The number of rotatable bonds is 8. The van der Waals surface area contributed by atoms with Crippen molar-refractivity contribution in [3.63, 3.8) is 0 Å². The van der Waals surface area contributed by atoms with Gasteiger partial charge in [0.25, 0.3) is 0 Å². The summed E-state index contributed by atoms with van der Waals surface area (Å²) in [7, 11) is 0. The summed E-state index contributed by atoms with van der Waals surface area (Å²) in [4.78, 5) is 26.9. The van der Waals surface area contributed by atoms with Crippen LogP contribution in [0.4, 0.5) is 11.4 Å². The number of nitrogens with one attached hydrogen (secondary N) is 2. The number of hydrogen-bond donors (Lipinski definition) is 2. The van der Waals surface area contributed by atoms with E-state index in [-0.39, 0.29) is 29.6 Å². The molecule has 1 saturated carbocycles. The van der Waals surface area contributed by atoms with Gasteiger partial charge >= 0.3 is 5.69 Å². The summed E-state index contributed by atoms with van der Waals surface area (Å²) in [5.74, 6) is 0.500. The molecule has 1 aliphatic rings. The lowest BCUT2D eigenvalue weighted by molar-refractivity contribution is -0.384. The lowest BCUT2D eigenvalue weighted by atomic mass is 9.85. The lowest BCUT2D eigenvalue weighted by Crippen LogP contribution is -2.38. The molecule has 0 spiro atoms. The van der Waals surface area contributed by atoms with Crippen molar-refractivity contribution in [1.29, 1.82) is 0 Å². The monoisotopic (exact) mass is 364 g/mol. The average molecular weight is 364 g/mol. The van der Waals surface area contributed by atoms with Crippen LogP contribution in [0.1, 0.15) is 52.9 Å². The zero-order chi connectivity index (χ0) is 19.1. The van der Waals surface area contributed by atoms with Crippen LogP contribution in [0, 0.1) is 16.0 Å². The minimum absolute atomic E-state index is 0.0197. The van der Waals surface area contributed by atoms with E-state index in [1.54, 1.807) is 6.07 Å². The summed E-state index contributed by atoms with van der Waals surface area (Å²) < 4.78 is 5.48. The van der Waals surface area contributed by atoms with Gasteiger partial charge in [0.15, 0.2) is 0 Å². The summed E-state index contributed by atoms with van der Waals surface area (Å²) in [6.07, 6.45) is 5.20. The molecule has 2 N–H and O–H groups in total. The van der Waals surface area contributed by atoms with Crippen molar-refractivity contribution in [2.45, 2.75) is 65.0 Å². The minimum Gasteiger partial charge on any atom is -0.478 e. The Bertz CT molecular complexity index is 628. The second-order valence-corrected chi connectivity index (χ2v) is 7.00. The van der Waals surface area contributed by atoms with Crippen LogP contribution < -0.4 is 15.4 Å². The Kier molecular flexibility index (Phi) is 7.17. The first-order chi connectivity index (χ1) is 12.4. The molecular formula is C18H28N4O4. The second kappa shape index (κ2) is 9.35. The quantitative estimate of drug-likeness (QED) is 0.541. The molecule has 1 fully saturated rings. The molecule has 1 heterocycles. The lowest BCUT2D eigenvalue weighted by Gasteiger charge is -2.29. The Hall–Kier alpha value is -2.38. The number of aromatic nitrogens is 1. The van der Waals surface area contributed by atoms with E-state index >= 15 is 0 Å². The summed E-state index contributed by atoms with van der Waals surface area (Å²) in [6.45, 7) is 6.40. The van der Waals surface area contributed by atoms with Gasteiger partial charge in [-0.05, 0) is 46.0 Å². The molecule has 0 unspecified atom stereocenters. The van der Waals surface area contributed by atoms with Crippen LogP contribution in [0.2, 0.25) is 0 Å². The number of hydrogen-bond acceptors (Lipinski definition) is 6. The molecule has 0 radical (unpaired) electrons.